The van der Waals surface area contributed by atoms with Crippen LogP contribution in [0.3, 0.4) is 0 Å². The van der Waals surface area contributed by atoms with Crippen LogP contribution in [-0.4, -0.2) is 24.1 Å². The van der Waals surface area contributed by atoms with Crippen molar-refractivity contribution in [3.8, 4) is 34.2 Å². The number of allylic oxidation sites excluding steroid dienone is 4. The van der Waals surface area contributed by atoms with E-state index in [1.54, 1.807) is 0 Å². The summed E-state index contributed by atoms with van der Waals surface area (Å²) in [4.78, 5) is 14.9. The van der Waals surface area contributed by atoms with Gasteiger partial charge in [-0.3, -0.25) is 0 Å². The van der Waals surface area contributed by atoms with E-state index in [-0.39, 0.29) is 5.92 Å². The molecule has 1 atom stereocenters. The van der Waals surface area contributed by atoms with Crippen molar-refractivity contribution in [1.29, 1.82) is 0 Å². The molecule has 0 radical (unpaired) electrons. The number of benzene rings is 6. The molecule has 0 saturated heterocycles. The van der Waals surface area contributed by atoms with Gasteiger partial charge < -0.3 is 9.13 Å². The van der Waals surface area contributed by atoms with Gasteiger partial charge in [0.05, 0.1) is 22.1 Å². The van der Waals surface area contributed by atoms with E-state index >= 15 is 0 Å². The van der Waals surface area contributed by atoms with E-state index in [1.165, 1.54) is 43.6 Å². The Morgan fingerprint density at radius 3 is 1.54 bits per heavy atom. The zero-order chi connectivity index (χ0) is 33.0. The van der Waals surface area contributed by atoms with Crippen LogP contribution < -0.4 is 0 Å². The summed E-state index contributed by atoms with van der Waals surface area (Å²) in [6.45, 7) is 0. The maximum atomic E-state index is 5.02. The molecule has 0 spiro atoms. The molecule has 0 saturated carbocycles. The molecule has 10 rings (SSSR count). The summed E-state index contributed by atoms with van der Waals surface area (Å²) in [6, 6.07) is 51.6. The Labute approximate surface area is 289 Å². The van der Waals surface area contributed by atoms with Crippen LogP contribution in [0.4, 0.5) is 0 Å². The van der Waals surface area contributed by atoms with Gasteiger partial charge >= 0.3 is 0 Å². The van der Waals surface area contributed by atoms with Crippen LogP contribution in [0.15, 0.2) is 170 Å². The minimum absolute atomic E-state index is 0.116. The maximum Gasteiger partial charge on any atom is 0.163 e. The van der Waals surface area contributed by atoms with Gasteiger partial charge in [-0.2, -0.15) is 0 Å². The topological polar surface area (TPSA) is 48.5 Å². The van der Waals surface area contributed by atoms with E-state index in [4.69, 9.17) is 15.0 Å². The van der Waals surface area contributed by atoms with Gasteiger partial charge in [-0.1, -0.05) is 109 Å². The highest BCUT2D eigenvalue weighted by atomic mass is 15.0. The van der Waals surface area contributed by atoms with Crippen molar-refractivity contribution < 1.29 is 0 Å². The normalized spacial score (nSPS) is 14.4. The second-order valence-electron chi connectivity index (χ2n) is 12.8. The smallest absolute Gasteiger partial charge is 0.163 e. The number of nitrogens with zero attached hydrogens (tertiary/aromatic N) is 5. The van der Waals surface area contributed by atoms with Crippen LogP contribution in [-0.2, 0) is 0 Å². The first-order valence-corrected chi connectivity index (χ1v) is 17.1. The highest BCUT2D eigenvalue weighted by molar-refractivity contribution is 6.19. The lowest BCUT2D eigenvalue weighted by molar-refractivity contribution is 0.764. The van der Waals surface area contributed by atoms with E-state index < -0.39 is 0 Å². The minimum Gasteiger partial charge on any atom is -0.309 e. The summed E-state index contributed by atoms with van der Waals surface area (Å²) in [5.74, 6) is 2.28. The molecular formula is C45H31N5. The van der Waals surface area contributed by atoms with Crippen molar-refractivity contribution in [2.24, 2.45) is 0 Å². The third-order valence-electron chi connectivity index (χ3n) is 9.86. The second-order valence-corrected chi connectivity index (χ2v) is 12.8. The van der Waals surface area contributed by atoms with Crippen molar-refractivity contribution in [1.82, 2.24) is 24.1 Å². The van der Waals surface area contributed by atoms with Crippen LogP contribution in [0.2, 0.25) is 0 Å². The number of para-hydroxylation sites is 3. The SMILES string of the molecule is C1=CCC(c2nc(-c3ccccc3)nc(-c3ccc(-n4c5ccccc5c5cc6c(cc54)c4ccccc4n6-c4ccccc4)cc3)n2)C=C1. The third-order valence-corrected chi connectivity index (χ3v) is 9.86. The first-order valence-electron chi connectivity index (χ1n) is 17.1. The molecule has 0 fully saturated rings. The quantitative estimate of drug-likeness (QED) is 0.188. The summed E-state index contributed by atoms with van der Waals surface area (Å²) < 4.78 is 4.77. The Hall–Kier alpha value is -6.59. The number of rotatable bonds is 5. The lowest BCUT2D eigenvalue weighted by Crippen LogP contribution is -2.07. The molecule has 6 aromatic carbocycles. The highest BCUT2D eigenvalue weighted by Gasteiger charge is 2.20. The predicted octanol–water partition coefficient (Wildman–Crippen LogP) is 11.0. The van der Waals surface area contributed by atoms with Crippen LogP contribution in [0, 0.1) is 0 Å². The molecule has 3 aromatic heterocycles. The Morgan fingerprint density at radius 2 is 0.960 bits per heavy atom. The van der Waals surface area contributed by atoms with Crippen LogP contribution in [0.5, 0.6) is 0 Å². The van der Waals surface area contributed by atoms with Gasteiger partial charge in [0.2, 0.25) is 0 Å². The Morgan fingerprint density at radius 1 is 0.440 bits per heavy atom. The summed E-state index contributed by atoms with van der Waals surface area (Å²) in [6.07, 6.45) is 9.37. The van der Waals surface area contributed by atoms with Crippen molar-refractivity contribution in [3.63, 3.8) is 0 Å². The Bertz CT molecular complexity index is 2770. The van der Waals surface area contributed by atoms with E-state index in [0.717, 1.165) is 34.7 Å². The van der Waals surface area contributed by atoms with Crippen molar-refractivity contribution in [2.75, 3.05) is 0 Å². The van der Waals surface area contributed by atoms with Crippen molar-refractivity contribution >= 4 is 43.6 Å². The van der Waals surface area contributed by atoms with Gasteiger partial charge in [0.15, 0.2) is 11.6 Å². The lowest BCUT2D eigenvalue weighted by atomic mass is 10.00. The predicted molar refractivity (Wildman–Crippen MR) is 205 cm³/mol. The molecule has 1 unspecified atom stereocenters. The van der Waals surface area contributed by atoms with Crippen LogP contribution in [0.25, 0.3) is 77.8 Å². The standard InChI is InChI=1S/C45H31N5/c1-4-14-30(15-5-1)43-46-44(31-16-6-2-7-17-31)48-45(47-43)32-24-26-34(27-25-32)50-40-23-13-11-21-36(40)38-28-41-37(29-42(38)50)35-20-10-12-22-39(35)49(41)33-18-8-3-9-19-33/h1-16,18-29,31H,17H2. The minimum atomic E-state index is 0.116. The molecule has 9 aromatic rings. The molecule has 236 valence electrons. The van der Waals surface area contributed by atoms with Gasteiger partial charge in [0.1, 0.15) is 5.82 Å². The van der Waals surface area contributed by atoms with Crippen molar-refractivity contribution in [2.45, 2.75) is 12.3 Å². The second kappa shape index (κ2) is 11.5. The molecule has 50 heavy (non-hydrogen) atoms. The molecule has 0 amide bonds. The van der Waals surface area contributed by atoms with Gasteiger partial charge in [-0.15, -0.1) is 0 Å². The first-order chi connectivity index (χ1) is 24.8. The van der Waals surface area contributed by atoms with E-state index in [2.05, 4.69) is 161 Å². The molecule has 0 aliphatic heterocycles. The fourth-order valence-electron chi connectivity index (χ4n) is 7.50. The van der Waals surface area contributed by atoms with E-state index in [9.17, 15) is 0 Å². The van der Waals surface area contributed by atoms with Gasteiger partial charge in [-0.05, 0) is 67.1 Å². The summed E-state index contributed by atoms with van der Waals surface area (Å²) >= 11 is 0. The monoisotopic (exact) mass is 641 g/mol. The fourth-order valence-corrected chi connectivity index (χ4v) is 7.50. The van der Waals surface area contributed by atoms with Gasteiger partial charge in [0.25, 0.3) is 0 Å². The molecule has 1 aliphatic rings. The zero-order valence-electron chi connectivity index (χ0n) is 27.2. The van der Waals surface area contributed by atoms with Gasteiger partial charge in [-0.25, -0.2) is 15.0 Å². The number of fused-ring (bicyclic) bond motifs is 6. The Kier molecular flexibility index (Phi) is 6.56. The summed E-state index contributed by atoms with van der Waals surface area (Å²) in [5.41, 5.74) is 8.93. The van der Waals surface area contributed by atoms with Gasteiger partial charge in [0, 0.05) is 50.0 Å². The largest absolute Gasteiger partial charge is 0.309 e. The van der Waals surface area contributed by atoms with Crippen molar-refractivity contribution in [3.05, 3.63) is 176 Å². The average molecular weight is 642 g/mol. The third kappa shape index (κ3) is 4.59. The maximum absolute atomic E-state index is 5.02. The molecule has 5 heteroatoms. The molecule has 1 aliphatic carbocycles. The number of hydrogen-bond acceptors (Lipinski definition) is 3. The van der Waals surface area contributed by atoms with E-state index in [1.807, 2.05) is 18.2 Å². The Balaban J connectivity index is 1.15. The van der Waals surface area contributed by atoms with Crippen LogP contribution in [0.1, 0.15) is 18.2 Å². The first kappa shape index (κ1) is 28.4. The lowest BCUT2D eigenvalue weighted by Gasteiger charge is -2.14. The molecule has 0 bridgehead atoms. The summed E-state index contributed by atoms with van der Waals surface area (Å²) in [5, 5.41) is 4.92. The van der Waals surface area contributed by atoms with E-state index in [0.29, 0.717) is 11.6 Å². The zero-order valence-corrected chi connectivity index (χ0v) is 27.2. The molecule has 0 N–H and O–H groups in total. The average Bonchev–Trinajstić information content (AvgIpc) is 3.70. The molecular weight excluding hydrogens is 611 g/mol. The fraction of sp³-hybridized carbons (Fsp3) is 0.0444. The highest BCUT2D eigenvalue weighted by Crippen LogP contribution is 2.39. The molecule has 3 heterocycles. The number of hydrogen-bond donors (Lipinski definition) is 0. The number of aromatic nitrogens is 5. The summed E-state index contributed by atoms with van der Waals surface area (Å²) in [7, 11) is 0. The molecule has 5 nitrogen and oxygen atoms in total. The van der Waals surface area contributed by atoms with Crippen LogP contribution >= 0.6 is 0 Å².